The summed E-state index contributed by atoms with van der Waals surface area (Å²) in [5.41, 5.74) is 7.96. The molecule has 1 aliphatic heterocycles. The normalized spacial score (nSPS) is 12.8. The quantitative estimate of drug-likeness (QED) is 0.848. The van der Waals surface area contributed by atoms with Gasteiger partial charge in [-0.05, 0) is 30.3 Å². The molecule has 0 unspecified atom stereocenters. The van der Waals surface area contributed by atoms with Gasteiger partial charge >= 0.3 is 0 Å². The predicted octanol–water partition coefficient (Wildman–Crippen LogP) is 3.49. The van der Waals surface area contributed by atoms with Crippen LogP contribution in [0.25, 0.3) is 0 Å². The van der Waals surface area contributed by atoms with Gasteiger partial charge in [0, 0.05) is 17.3 Å². The second-order valence-corrected chi connectivity index (χ2v) is 5.39. The Kier molecular flexibility index (Phi) is 3.86. The summed E-state index contributed by atoms with van der Waals surface area (Å²) in [5, 5.41) is 3.79. The lowest BCUT2D eigenvalue weighted by Gasteiger charge is -2.19. The van der Waals surface area contributed by atoms with Gasteiger partial charge in [-0.25, -0.2) is 0 Å². The molecule has 4 nitrogen and oxygen atoms in total. The maximum Gasteiger partial charge on any atom is 0.163 e. The lowest BCUT2D eigenvalue weighted by molar-refractivity contribution is 0.171. The summed E-state index contributed by atoms with van der Waals surface area (Å²) in [5.74, 6) is 1.48. The minimum absolute atomic E-state index is 0.322. The molecule has 1 aliphatic rings. The number of rotatable bonds is 3. The van der Waals surface area contributed by atoms with Crippen LogP contribution in [0.3, 0.4) is 0 Å². The van der Waals surface area contributed by atoms with E-state index in [0.29, 0.717) is 23.2 Å². The van der Waals surface area contributed by atoms with E-state index in [1.54, 1.807) is 6.07 Å². The van der Waals surface area contributed by atoms with E-state index in [1.807, 2.05) is 30.3 Å². The van der Waals surface area contributed by atoms with E-state index in [4.69, 9.17) is 39.0 Å². The van der Waals surface area contributed by atoms with Crippen LogP contribution in [-0.2, 0) is 0 Å². The van der Waals surface area contributed by atoms with Crippen LogP contribution in [0.2, 0.25) is 5.02 Å². The van der Waals surface area contributed by atoms with Crippen LogP contribution < -0.4 is 20.5 Å². The third-order valence-corrected chi connectivity index (χ3v) is 3.62. The van der Waals surface area contributed by atoms with Crippen molar-refractivity contribution >= 4 is 40.2 Å². The first-order chi connectivity index (χ1) is 10.1. The number of benzene rings is 2. The van der Waals surface area contributed by atoms with Gasteiger partial charge in [0.2, 0.25) is 0 Å². The molecule has 6 heteroatoms. The molecule has 2 aromatic rings. The average molecular weight is 321 g/mol. The van der Waals surface area contributed by atoms with Gasteiger partial charge in [0.15, 0.2) is 11.5 Å². The SMILES string of the molecule is NC(=S)c1ccc(Nc2ccc3c(c2)OCCO3)c(Cl)c1. The molecule has 0 spiro atoms. The van der Waals surface area contributed by atoms with Crippen LogP contribution in [0.4, 0.5) is 11.4 Å². The number of hydrogen-bond acceptors (Lipinski definition) is 4. The average Bonchev–Trinajstić information content (AvgIpc) is 2.49. The number of thiocarbonyl (C=S) groups is 1. The minimum atomic E-state index is 0.322. The molecule has 3 rings (SSSR count). The summed E-state index contributed by atoms with van der Waals surface area (Å²) < 4.78 is 11.0. The summed E-state index contributed by atoms with van der Waals surface area (Å²) >= 11 is 11.2. The zero-order valence-electron chi connectivity index (χ0n) is 11.1. The van der Waals surface area contributed by atoms with Crippen LogP contribution in [0.1, 0.15) is 5.56 Å². The van der Waals surface area contributed by atoms with E-state index in [9.17, 15) is 0 Å². The van der Waals surface area contributed by atoms with Gasteiger partial charge in [-0.3, -0.25) is 0 Å². The fourth-order valence-corrected chi connectivity index (χ4v) is 2.40. The van der Waals surface area contributed by atoms with Crippen molar-refractivity contribution in [1.82, 2.24) is 0 Å². The number of fused-ring (bicyclic) bond motifs is 1. The molecule has 0 saturated heterocycles. The molecule has 0 bridgehead atoms. The highest BCUT2D eigenvalue weighted by Gasteiger charge is 2.12. The van der Waals surface area contributed by atoms with Crippen molar-refractivity contribution < 1.29 is 9.47 Å². The zero-order chi connectivity index (χ0) is 14.8. The Morgan fingerprint density at radius 2 is 1.86 bits per heavy atom. The highest BCUT2D eigenvalue weighted by atomic mass is 35.5. The number of hydrogen-bond donors (Lipinski definition) is 2. The molecule has 21 heavy (non-hydrogen) atoms. The summed E-state index contributed by atoms with van der Waals surface area (Å²) in [7, 11) is 0. The van der Waals surface area contributed by atoms with Crippen molar-refractivity contribution in [3.05, 3.63) is 47.0 Å². The second-order valence-electron chi connectivity index (χ2n) is 4.54. The molecule has 2 aromatic carbocycles. The number of ether oxygens (including phenoxy) is 2. The van der Waals surface area contributed by atoms with E-state index in [1.165, 1.54) is 0 Å². The molecule has 108 valence electrons. The van der Waals surface area contributed by atoms with Crippen molar-refractivity contribution in [3.63, 3.8) is 0 Å². The monoisotopic (exact) mass is 320 g/mol. The molecule has 0 aliphatic carbocycles. The second kappa shape index (κ2) is 5.79. The van der Waals surface area contributed by atoms with Crippen molar-refractivity contribution in [2.75, 3.05) is 18.5 Å². The van der Waals surface area contributed by atoms with Crippen LogP contribution in [0.15, 0.2) is 36.4 Å². The Hall–Kier alpha value is -1.98. The van der Waals surface area contributed by atoms with Crippen LogP contribution in [0.5, 0.6) is 11.5 Å². The van der Waals surface area contributed by atoms with E-state index in [-0.39, 0.29) is 0 Å². The van der Waals surface area contributed by atoms with E-state index >= 15 is 0 Å². The zero-order valence-corrected chi connectivity index (χ0v) is 12.6. The van der Waals surface area contributed by atoms with Gasteiger partial charge in [0.1, 0.15) is 18.2 Å². The molecule has 3 N–H and O–H groups in total. The Morgan fingerprint density at radius 3 is 2.57 bits per heavy atom. The number of halogens is 1. The first-order valence-electron chi connectivity index (χ1n) is 6.39. The van der Waals surface area contributed by atoms with E-state index in [0.717, 1.165) is 28.4 Å². The van der Waals surface area contributed by atoms with Crippen LogP contribution in [-0.4, -0.2) is 18.2 Å². The topological polar surface area (TPSA) is 56.5 Å². The van der Waals surface area contributed by atoms with E-state index < -0.39 is 0 Å². The van der Waals surface area contributed by atoms with Crippen molar-refractivity contribution in [2.24, 2.45) is 5.73 Å². The molecule has 0 saturated carbocycles. The lowest BCUT2D eigenvalue weighted by atomic mass is 10.2. The Bertz CT molecular complexity index is 706. The third kappa shape index (κ3) is 3.04. The Labute approximate surface area is 132 Å². The highest BCUT2D eigenvalue weighted by Crippen LogP contribution is 2.34. The maximum absolute atomic E-state index is 6.23. The predicted molar refractivity (Wildman–Crippen MR) is 88.1 cm³/mol. The van der Waals surface area contributed by atoms with E-state index in [2.05, 4.69) is 5.32 Å². The van der Waals surface area contributed by atoms with Gasteiger partial charge in [0.25, 0.3) is 0 Å². The fraction of sp³-hybridized carbons (Fsp3) is 0.133. The molecular weight excluding hydrogens is 308 g/mol. The first kappa shape index (κ1) is 14.0. The first-order valence-corrected chi connectivity index (χ1v) is 7.18. The molecule has 0 radical (unpaired) electrons. The Morgan fingerprint density at radius 1 is 1.10 bits per heavy atom. The van der Waals surface area contributed by atoms with Gasteiger partial charge in [0.05, 0.1) is 10.7 Å². The van der Waals surface area contributed by atoms with Gasteiger partial charge < -0.3 is 20.5 Å². The number of anilines is 2. The van der Waals surface area contributed by atoms with Crippen molar-refractivity contribution in [1.29, 1.82) is 0 Å². The Balaban J connectivity index is 1.85. The maximum atomic E-state index is 6.23. The fourth-order valence-electron chi connectivity index (χ4n) is 2.05. The summed E-state index contributed by atoms with van der Waals surface area (Å²) in [4.78, 5) is 0.322. The lowest BCUT2D eigenvalue weighted by Crippen LogP contribution is -2.15. The molecule has 1 heterocycles. The highest BCUT2D eigenvalue weighted by molar-refractivity contribution is 7.80. The number of nitrogens with two attached hydrogens (primary N) is 1. The summed E-state index contributed by atoms with van der Waals surface area (Å²) in [6, 6.07) is 11.1. The summed E-state index contributed by atoms with van der Waals surface area (Å²) in [6.07, 6.45) is 0. The minimum Gasteiger partial charge on any atom is -0.486 e. The van der Waals surface area contributed by atoms with Crippen molar-refractivity contribution in [3.8, 4) is 11.5 Å². The molecule has 0 aromatic heterocycles. The van der Waals surface area contributed by atoms with Crippen LogP contribution in [0, 0.1) is 0 Å². The van der Waals surface area contributed by atoms with Crippen LogP contribution >= 0.6 is 23.8 Å². The number of nitrogens with one attached hydrogen (secondary N) is 1. The van der Waals surface area contributed by atoms with Gasteiger partial charge in [-0.1, -0.05) is 23.8 Å². The van der Waals surface area contributed by atoms with Crippen molar-refractivity contribution in [2.45, 2.75) is 0 Å². The van der Waals surface area contributed by atoms with Gasteiger partial charge in [-0.15, -0.1) is 0 Å². The third-order valence-electron chi connectivity index (χ3n) is 3.07. The standard InChI is InChI=1S/C15H13ClN2O2S/c16-11-7-9(15(17)21)1-3-12(11)18-10-2-4-13-14(8-10)20-6-5-19-13/h1-4,7-8,18H,5-6H2,(H2,17,21). The molecule has 0 atom stereocenters. The summed E-state index contributed by atoms with van der Waals surface area (Å²) in [6.45, 7) is 1.13. The van der Waals surface area contributed by atoms with Gasteiger partial charge in [-0.2, -0.15) is 0 Å². The molecule has 0 fully saturated rings. The largest absolute Gasteiger partial charge is 0.486 e. The molecule has 0 amide bonds. The smallest absolute Gasteiger partial charge is 0.163 e. The molecular formula is C15H13ClN2O2S.